The third-order valence-corrected chi connectivity index (χ3v) is 4.03. The molecule has 104 valence electrons. The van der Waals surface area contributed by atoms with E-state index in [1.165, 1.54) is 10.8 Å². The zero-order valence-corrected chi connectivity index (χ0v) is 10.8. The third-order valence-electron chi connectivity index (χ3n) is 4.03. The molecule has 4 atom stereocenters. The lowest BCUT2D eigenvalue weighted by molar-refractivity contribution is -0.175. The molecule has 3 heterocycles. The number of hydrogen-bond donors (Lipinski definition) is 2. The van der Waals surface area contributed by atoms with Crippen LogP contribution in [-0.4, -0.2) is 39.1 Å². The smallest absolute Gasteiger partial charge is 0.330 e. The molecule has 2 saturated heterocycles. The molecule has 2 N–H and O–H groups in total. The molecular formula is C12H16N2O5. The van der Waals surface area contributed by atoms with E-state index in [0.29, 0.717) is 18.6 Å². The first kappa shape index (κ1) is 12.6. The van der Waals surface area contributed by atoms with Gasteiger partial charge in [-0.1, -0.05) is 6.92 Å². The third kappa shape index (κ3) is 1.62. The average Bonchev–Trinajstić information content (AvgIpc) is 2.85. The van der Waals surface area contributed by atoms with Gasteiger partial charge in [-0.15, -0.1) is 0 Å². The Balaban J connectivity index is 2.04. The Morgan fingerprint density at radius 3 is 2.95 bits per heavy atom. The Hall–Kier alpha value is -1.44. The summed E-state index contributed by atoms with van der Waals surface area (Å²) < 4.78 is 12.6. The number of aromatic amines is 1. The van der Waals surface area contributed by atoms with E-state index in [4.69, 9.17) is 9.47 Å². The summed E-state index contributed by atoms with van der Waals surface area (Å²) in [4.78, 5) is 25.4. The maximum Gasteiger partial charge on any atom is 0.330 e. The summed E-state index contributed by atoms with van der Waals surface area (Å²) in [6.45, 7) is 3.83. The van der Waals surface area contributed by atoms with Crippen LogP contribution in [0.15, 0.2) is 15.8 Å². The Bertz CT molecular complexity index is 621. The summed E-state index contributed by atoms with van der Waals surface area (Å²) >= 11 is 0. The monoisotopic (exact) mass is 268 g/mol. The highest BCUT2D eigenvalue weighted by molar-refractivity contribution is 5.08. The van der Waals surface area contributed by atoms with Crippen molar-refractivity contribution in [2.45, 2.75) is 44.3 Å². The van der Waals surface area contributed by atoms with Crippen LogP contribution in [0.4, 0.5) is 0 Å². The largest absolute Gasteiger partial charge is 0.387 e. The van der Waals surface area contributed by atoms with E-state index in [9.17, 15) is 14.7 Å². The van der Waals surface area contributed by atoms with E-state index in [2.05, 4.69) is 4.98 Å². The Kier molecular flexibility index (Phi) is 2.67. The quantitative estimate of drug-likeness (QED) is 0.738. The molecule has 0 radical (unpaired) electrons. The van der Waals surface area contributed by atoms with Crippen LogP contribution in [0, 0.1) is 6.92 Å². The lowest BCUT2D eigenvalue weighted by atomic mass is 9.96. The molecule has 1 aromatic rings. The number of fused-ring (bicyclic) bond motifs is 2. The molecule has 0 aromatic carbocycles. The number of rotatable bonds is 2. The molecule has 7 heteroatoms. The number of aromatic nitrogens is 2. The standard InChI is InChI=1S/C12H16N2O5/c1-3-12-5-18-7(8(12)15)10(19-12)14-4-6(2)9(16)13-11(14)17/h4,7-8,10,15H,3,5H2,1-2H3,(H,13,16,17)/t7?,8-,10-,12+/m1/s1. The second-order valence-electron chi connectivity index (χ2n) is 5.13. The van der Waals surface area contributed by atoms with E-state index in [1.807, 2.05) is 6.92 Å². The van der Waals surface area contributed by atoms with Crippen LogP contribution in [0.2, 0.25) is 0 Å². The average molecular weight is 268 g/mol. The molecule has 0 spiro atoms. The Morgan fingerprint density at radius 1 is 1.58 bits per heavy atom. The van der Waals surface area contributed by atoms with Gasteiger partial charge in [0, 0.05) is 11.8 Å². The highest BCUT2D eigenvalue weighted by Crippen LogP contribution is 2.46. The first-order valence-electron chi connectivity index (χ1n) is 6.28. The number of hydrogen-bond acceptors (Lipinski definition) is 5. The SMILES string of the molecule is CC[C@@]12COC([C@H](n3cc(C)c(=O)[nH]c3=O)O1)[C@H]2O. The number of H-pyrrole nitrogens is 1. The van der Waals surface area contributed by atoms with Gasteiger partial charge in [0.2, 0.25) is 0 Å². The zero-order chi connectivity index (χ0) is 13.8. The molecule has 2 aliphatic rings. The topological polar surface area (TPSA) is 93.6 Å². The summed E-state index contributed by atoms with van der Waals surface area (Å²) in [6, 6.07) is 0. The van der Waals surface area contributed by atoms with Crippen LogP contribution >= 0.6 is 0 Å². The Labute approximate surface area is 108 Å². The van der Waals surface area contributed by atoms with E-state index < -0.39 is 35.3 Å². The summed E-state index contributed by atoms with van der Waals surface area (Å²) in [7, 11) is 0. The molecule has 2 fully saturated rings. The summed E-state index contributed by atoms with van der Waals surface area (Å²) in [5.41, 5.74) is -1.32. The highest BCUT2D eigenvalue weighted by atomic mass is 16.6. The minimum absolute atomic E-state index is 0.322. The number of nitrogens with zero attached hydrogens (tertiary/aromatic N) is 1. The van der Waals surface area contributed by atoms with Gasteiger partial charge in [-0.25, -0.2) is 4.79 Å². The fourth-order valence-electron chi connectivity index (χ4n) is 2.75. The number of aliphatic hydroxyl groups is 1. The highest BCUT2D eigenvalue weighted by Gasteiger charge is 2.60. The molecule has 7 nitrogen and oxygen atoms in total. The zero-order valence-electron chi connectivity index (χ0n) is 10.8. The predicted molar refractivity (Wildman–Crippen MR) is 65.0 cm³/mol. The second kappa shape index (κ2) is 4.03. The van der Waals surface area contributed by atoms with Crippen LogP contribution in [0.3, 0.4) is 0 Å². The minimum Gasteiger partial charge on any atom is -0.387 e. The Morgan fingerprint density at radius 2 is 2.32 bits per heavy atom. The molecule has 1 unspecified atom stereocenters. The molecular weight excluding hydrogens is 252 g/mol. The van der Waals surface area contributed by atoms with Gasteiger partial charge in [-0.2, -0.15) is 0 Å². The number of ether oxygens (including phenoxy) is 2. The van der Waals surface area contributed by atoms with Crippen molar-refractivity contribution in [2.75, 3.05) is 6.61 Å². The van der Waals surface area contributed by atoms with E-state index >= 15 is 0 Å². The van der Waals surface area contributed by atoms with Gasteiger partial charge in [0.25, 0.3) is 5.56 Å². The van der Waals surface area contributed by atoms with Gasteiger partial charge in [0.1, 0.15) is 17.8 Å². The van der Waals surface area contributed by atoms with Gasteiger partial charge < -0.3 is 14.6 Å². The summed E-state index contributed by atoms with van der Waals surface area (Å²) in [5.74, 6) is 0. The van der Waals surface area contributed by atoms with Crippen molar-refractivity contribution in [3.63, 3.8) is 0 Å². The number of nitrogens with one attached hydrogen (secondary N) is 1. The predicted octanol–water partition coefficient (Wildman–Crippen LogP) is -0.718. The van der Waals surface area contributed by atoms with Gasteiger partial charge in [0.05, 0.1) is 6.61 Å². The van der Waals surface area contributed by atoms with Crippen molar-refractivity contribution in [3.8, 4) is 0 Å². The summed E-state index contributed by atoms with van der Waals surface area (Å²) in [6.07, 6.45) is -0.0131. The van der Waals surface area contributed by atoms with Crippen molar-refractivity contribution in [1.29, 1.82) is 0 Å². The van der Waals surface area contributed by atoms with Crippen LogP contribution in [-0.2, 0) is 9.47 Å². The van der Waals surface area contributed by atoms with E-state index in [1.54, 1.807) is 6.92 Å². The number of aryl methyl sites for hydroxylation is 1. The molecule has 19 heavy (non-hydrogen) atoms. The maximum absolute atomic E-state index is 11.8. The molecule has 0 amide bonds. The molecule has 0 aliphatic carbocycles. The maximum atomic E-state index is 11.8. The first-order chi connectivity index (χ1) is 8.98. The van der Waals surface area contributed by atoms with Gasteiger partial charge >= 0.3 is 5.69 Å². The summed E-state index contributed by atoms with van der Waals surface area (Å²) in [5, 5.41) is 10.2. The molecule has 0 saturated carbocycles. The van der Waals surface area contributed by atoms with Gasteiger partial charge in [0.15, 0.2) is 6.23 Å². The van der Waals surface area contributed by atoms with Gasteiger partial charge in [-0.05, 0) is 13.3 Å². The minimum atomic E-state index is -0.762. The van der Waals surface area contributed by atoms with E-state index in [0.717, 1.165) is 0 Å². The normalized spacial score (nSPS) is 36.9. The van der Waals surface area contributed by atoms with Crippen LogP contribution in [0.25, 0.3) is 0 Å². The molecule has 3 rings (SSSR count). The van der Waals surface area contributed by atoms with Crippen molar-refractivity contribution < 1.29 is 14.6 Å². The molecule has 2 bridgehead atoms. The fraction of sp³-hybridized carbons (Fsp3) is 0.667. The van der Waals surface area contributed by atoms with Crippen LogP contribution < -0.4 is 11.2 Å². The van der Waals surface area contributed by atoms with Crippen molar-refractivity contribution in [2.24, 2.45) is 0 Å². The fourth-order valence-corrected chi connectivity index (χ4v) is 2.75. The molecule has 2 aliphatic heterocycles. The van der Waals surface area contributed by atoms with Crippen molar-refractivity contribution in [3.05, 3.63) is 32.6 Å². The number of aliphatic hydroxyl groups excluding tert-OH is 1. The van der Waals surface area contributed by atoms with Crippen LogP contribution in [0.1, 0.15) is 25.1 Å². The first-order valence-corrected chi connectivity index (χ1v) is 6.28. The molecule has 1 aromatic heterocycles. The lowest BCUT2D eigenvalue weighted by Gasteiger charge is -2.30. The van der Waals surface area contributed by atoms with Crippen molar-refractivity contribution in [1.82, 2.24) is 9.55 Å². The van der Waals surface area contributed by atoms with E-state index in [-0.39, 0.29) is 0 Å². The van der Waals surface area contributed by atoms with Crippen molar-refractivity contribution >= 4 is 0 Å². The van der Waals surface area contributed by atoms with Gasteiger partial charge in [-0.3, -0.25) is 14.3 Å². The lowest BCUT2D eigenvalue weighted by Crippen LogP contribution is -2.41. The van der Waals surface area contributed by atoms with Crippen LogP contribution in [0.5, 0.6) is 0 Å². The second-order valence-corrected chi connectivity index (χ2v) is 5.13.